The Kier molecular flexibility index (Phi) is 4.14. The second-order valence-corrected chi connectivity index (χ2v) is 4.73. The second-order valence-electron chi connectivity index (χ2n) is 4.73. The monoisotopic (exact) mass is 264 g/mol. The Balaban J connectivity index is 2.26. The molecule has 0 bridgehead atoms. The minimum absolute atomic E-state index is 0.0929. The van der Waals surface area contributed by atoms with E-state index >= 15 is 0 Å². The summed E-state index contributed by atoms with van der Waals surface area (Å²) in [6.45, 7) is 1.53. The summed E-state index contributed by atoms with van der Waals surface area (Å²) in [6.07, 6.45) is 1.81. The molecule has 0 spiro atoms. The van der Waals surface area contributed by atoms with Crippen molar-refractivity contribution in [1.29, 1.82) is 0 Å². The highest BCUT2D eigenvalue weighted by Gasteiger charge is 2.25. The maximum Gasteiger partial charge on any atom is 0.222 e. The minimum atomic E-state index is -0.230. The van der Waals surface area contributed by atoms with E-state index < -0.39 is 0 Å². The molecule has 1 unspecified atom stereocenters. The number of carbonyl (C=O) groups excluding carboxylic acids is 1. The highest BCUT2D eigenvalue weighted by Crippen LogP contribution is 2.34. The van der Waals surface area contributed by atoms with Gasteiger partial charge in [0.05, 0.1) is 25.8 Å². The van der Waals surface area contributed by atoms with Gasteiger partial charge in [-0.15, -0.1) is 0 Å². The third-order valence-electron chi connectivity index (χ3n) is 3.55. The van der Waals surface area contributed by atoms with Crippen LogP contribution in [-0.2, 0) is 4.79 Å². The molecule has 0 radical (unpaired) electrons. The molecule has 1 amide bonds. The molecule has 0 aliphatic carbocycles. The number of hydrogen-bond acceptors (Lipinski definition) is 4. The van der Waals surface area contributed by atoms with Gasteiger partial charge in [0.1, 0.15) is 11.5 Å². The lowest BCUT2D eigenvalue weighted by molar-refractivity contribution is -0.122. The fourth-order valence-electron chi connectivity index (χ4n) is 2.47. The van der Waals surface area contributed by atoms with Crippen LogP contribution in [0, 0.1) is 5.92 Å². The number of nitrogens with two attached hydrogens (primary N) is 1. The number of benzene rings is 1. The highest BCUT2D eigenvalue weighted by molar-refractivity contribution is 5.78. The fraction of sp³-hybridized carbons (Fsp3) is 0.500. The number of methoxy groups -OCH3 is 2. The minimum Gasteiger partial charge on any atom is -0.497 e. The van der Waals surface area contributed by atoms with E-state index in [0.29, 0.717) is 6.54 Å². The molecule has 1 aliphatic rings. The van der Waals surface area contributed by atoms with Crippen LogP contribution in [0.2, 0.25) is 0 Å². The van der Waals surface area contributed by atoms with Crippen LogP contribution < -0.4 is 20.1 Å². The van der Waals surface area contributed by atoms with Gasteiger partial charge in [-0.25, -0.2) is 0 Å². The lowest BCUT2D eigenvalue weighted by atomic mass is 9.97. The molecular formula is C14H20N2O3. The summed E-state index contributed by atoms with van der Waals surface area (Å²) >= 11 is 0. The van der Waals surface area contributed by atoms with Crippen LogP contribution in [0.4, 0.5) is 5.69 Å². The molecule has 5 nitrogen and oxygen atoms in total. The van der Waals surface area contributed by atoms with Crippen molar-refractivity contribution in [3.63, 3.8) is 0 Å². The van der Waals surface area contributed by atoms with Crippen LogP contribution in [0.3, 0.4) is 0 Å². The molecule has 1 saturated heterocycles. The number of nitrogens with zero attached hydrogens (tertiary/aromatic N) is 1. The molecule has 1 fully saturated rings. The molecule has 0 saturated carbocycles. The van der Waals surface area contributed by atoms with Crippen molar-refractivity contribution in [2.24, 2.45) is 11.7 Å². The molecule has 2 rings (SSSR count). The van der Waals surface area contributed by atoms with Gasteiger partial charge < -0.3 is 20.1 Å². The van der Waals surface area contributed by atoms with Gasteiger partial charge in [0.2, 0.25) is 5.91 Å². The standard InChI is InChI=1S/C14H20N2O3/c1-18-11-5-6-13(19-2)12(8-11)16-7-3-4-10(9-16)14(15)17/h5-6,8,10H,3-4,7,9H2,1-2H3,(H2,15,17). The lowest BCUT2D eigenvalue weighted by Crippen LogP contribution is -2.41. The summed E-state index contributed by atoms with van der Waals surface area (Å²) in [7, 11) is 3.27. The molecule has 1 aliphatic heterocycles. The molecule has 2 N–H and O–H groups in total. The van der Waals surface area contributed by atoms with Gasteiger partial charge in [-0.1, -0.05) is 0 Å². The third-order valence-corrected chi connectivity index (χ3v) is 3.55. The zero-order chi connectivity index (χ0) is 13.8. The molecule has 1 aromatic rings. The Bertz CT molecular complexity index is 462. The molecule has 1 atom stereocenters. The summed E-state index contributed by atoms with van der Waals surface area (Å²) in [5.41, 5.74) is 6.36. The van der Waals surface area contributed by atoms with Crippen molar-refractivity contribution in [3.8, 4) is 11.5 Å². The van der Waals surface area contributed by atoms with Crippen LogP contribution in [0.1, 0.15) is 12.8 Å². The number of hydrogen-bond donors (Lipinski definition) is 1. The smallest absolute Gasteiger partial charge is 0.222 e. The Morgan fingerprint density at radius 2 is 2.16 bits per heavy atom. The van der Waals surface area contributed by atoms with Crippen LogP contribution in [0.25, 0.3) is 0 Å². The van der Waals surface area contributed by atoms with E-state index in [2.05, 4.69) is 4.90 Å². The summed E-state index contributed by atoms with van der Waals surface area (Å²) in [5, 5.41) is 0. The molecule has 1 heterocycles. The van der Waals surface area contributed by atoms with Crippen molar-refractivity contribution in [1.82, 2.24) is 0 Å². The van der Waals surface area contributed by atoms with Gasteiger partial charge in [0.25, 0.3) is 0 Å². The molecular weight excluding hydrogens is 244 g/mol. The van der Waals surface area contributed by atoms with Gasteiger partial charge in [-0.3, -0.25) is 4.79 Å². The molecule has 104 valence electrons. The second kappa shape index (κ2) is 5.82. The molecule has 19 heavy (non-hydrogen) atoms. The molecule has 1 aromatic carbocycles. The third kappa shape index (κ3) is 2.92. The van der Waals surface area contributed by atoms with E-state index in [4.69, 9.17) is 15.2 Å². The maximum absolute atomic E-state index is 11.3. The van der Waals surface area contributed by atoms with Gasteiger partial charge in [0, 0.05) is 19.2 Å². The van der Waals surface area contributed by atoms with E-state index in [-0.39, 0.29) is 11.8 Å². The zero-order valence-electron chi connectivity index (χ0n) is 11.4. The predicted molar refractivity (Wildman–Crippen MR) is 73.7 cm³/mol. The number of ether oxygens (including phenoxy) is 2. The predicted octanol–water partition coefficient (Wildman–Crippen LogP) is 1.41. The van der Waals surface area contributed by atoms with Crippen LogP contribution in [-0.4, -0.2) is 33.2 Å². The van der Waals surface area contributed by atoms with E-state index in [1.165, 1.54) is 0 Å². The zero-order valence-corrected chi connectivity index (χ0v) is 11.4. The number of carbonyl (C=O) groups is 1. The van der Waals surface area contributed by atoms with Crippen LogP contribution in [0.5, 0.6) is 11.5 Å². The van der Waals surface area contributed by atoms with E-state index in [9.17, 15) is 4.79 Å². The number of amides is 1. The first-order chi connectivity index (χ1) is 9.15. The Morgan fingerprint density at radius 3 is 2.79 bits per heavy atom. The average molecular weight is 264 g/mol. The Labute approximate surface area is 113 Å². The first kappa shape index (κ1) is 13.5. The van der Waals surface area contributed by atoms with Gasteiger partial charge in [-0.05, 0) is 25.0 Å². The van der Waals surface area contributed by atoms with Gasteiger partial charge in [-0.2, -0.15) is 0 Å². The Hall–Kier alpha value is -1.91. The molecule has 0 aromatic heterocycles. The summed E-state index contributed by atoms with van der Waals surface area (Å²) in [5.74, 6) is 1.24. The van der Waals surface area contributed by atoms with Crippen molar-refractivity contribution in [2.75, 3.05) is 32.2 Å². The normalized spacial score (nSPS) is 19.1. The first-order valence-electron chi connectivity index (χ1n) is 6.42. The number of rotatable bonds is 4. The van der Waals surface area contributed by atoms with Crippen LogP contribution >= 0.6 is 0 Å². The van der Waals surface area contributed by atoms with Gasteiger partial charge >= 0.3 is 0 Å². The fourth-order valence-corrected chi connectivity index (χ4v) is 2.47. The first-order valence-corrected chi connectivity index (χ1v) is 6.42. The van der Waals surface area contributed by atoms with Crippen molar-refractivity contribution >= 4 is 11.6 Å². The van der Waals surface area contributed by atoms with E-state index in [1.54, 1.807) is 14.2 Å². The maximum atomic E-state index is 11.3. The Morgan fingerprint density at radius 1 is 1.37 bits per heavy atom. The quantitative estimate of drug-likeness (QED) is 0.893. The summed E-state index contributed by atoms with van der Waals surface area (Å²) < 4.78 is 10.6. The average Bonchev–Trinajstić information content (AvgIpc) is 2.46. The lowest BCUT2D eigenvalue weighted by Gasteiger charge is -2.33. The van der Waals surface area contributed by atoms with Crippen molar-refractivity contribution < 1.29 is 14.3 Å². The van der Waals surface area contributed by atoms with Crippen molar-refractivity contribution in [2.45, 2.75) is 12.8 Å². The largest absolute Gasteiger partial charge is 0.497 e. The number of primary amides is 1. The van der Waals surface area contributed by atoms with E-state index in [0.717, 1.165) is 36.6 Å². The SMILES string of the molecule is COc1ccc(OC)c(N2CCCC(C(N)=O)C2)c1. The topological polar surface area (TPSA) is 64.8 Å². The van der Waals surface area contributed by atoms with Crippen molar-refractivity contribution in [3.05, 3.63) is 18.2 Å². The highest BCUT2D eigenvalue weighted by atomic mass is 16.5. The van der Waals surface area contributed by atoms with Crippen LogP contribution in [0.15, 0.2) is 18.2 Å². The van der Waals surface area contributed by atoms with E-state index in [1.807, 2.05) is 18.2 Å². The summed E-state index contributed by atoms with van der Waals surface area (Å²) in [6, 6.07) is 5.67. The summed E-state index contributed by atoms with van der Waals surface area (Å²) in [4.78, 5) is 13.5. The number of anilines is 1. The molecule has 5 heteroatoms. The van der Waals surface area contributed by atoms with Gasteiger partial charge in [0.15, 0.2) is 0 Å². The number of piperidine rings is 1.